The summed E-state index contributed by atoms with van der Waals surface area (Å²) in [5, 5.41) is 3.73. The quantitative estimate of drug-likeness (QED) is 0.663. The molecule has 1 heterocycles. The van der Waals surface area contributed by atoms with Gasteiger partial charge in [0.1, 0.15) is 0 Å². The highest BCUT2D eigenvalue weighted by molar-refractivity contribution is 5.79. The van der Waals surface area contributed by atoms with Crippen LogP contribution >= 0.6 is 0 Å². The molecule has 3 N–H and O–H groups in total. The topological polar surface area (TPSA) is 89.1 Å². The Morgan fingerprint density at radius 1 is 1.10 bits per heavy atom. The third kappa shape index (κ3) is 3.64. The molecular weight excluding hydrogens is 273 g/mol. The van der Waals surface area contributed by atoms with E-state index >= 15 is 0 Å². The number of halogens is 3. The van der Waals surface area contributed by atoms with E-state index in [-0.39, 0.29) is 5.95 Å². The molecule has 0 radical (unpaired) electrons. The number of anilines is 2. The van der Waals surface area contributed by atoms with Crippen LogP contribution in [0.15, 0.2) is 35.4 Å². The summed E-state index contributed by atoms with van der Waals surface area (Å²) in [5.74, 6) is -2.29. The molecule has 0 saturated heterocycles. The second kappa shape index (κ2) is 5.51. The Hall–Kier alpha value is -2.71. The van der Waals surface area contributed by atoms with E-state index in [9.17, 15) is 13.2 Å². The van der Waals surface area contributed by atoms with Gasteiger partial charge in [-0.1, -0.05) is 30.3 Å². The average Bonchev–Trinajstić information content (AvgIpc) is 2.38. The highest BCUT2D eigenvalue weighted by atomic mass is 19.4. The number of hydrogen-bond acceptors (Lipinski definition) is 6. The summed E-state index contributed by atoms with van der Waals surface area (Å²) < 4.78 is 37.4. The van der Waals surface area contributed by atoms with Crippen LogP contribution in [0.4, 0.5) is 25.1 Å². The van der Waals surface area contributed by atoms with Crippen LogP contribution < -0.4 is 11.2 Å². The van der Waals surface area contributed by atoms with Crippen molar-refractivity contribution in [2.45, 2.75) is 6.18 Å². The maximum Gasteiger partial charge on any atom is 0.451 e. The van der Waals surface area contributed by atoms with E-state index in [4.69, 9.17) is 5.73 Å². The second-order valence-corrected chi connectivity index (χ2v) is 3.62. The van der Waals surface area contributed by atoms with Gasteiger partial charge in [0.25, 0.3) is 0 Å². The lowest BCUT2D eigenvalue weighted by molar-refractivity contribution is -0.144. The summed E-state index contributed by atoms with van der Waals surface area (Å²) in [5.41, 5.74) is 8.22. The number of aromatic nitrogens is 3. The third-order valence-electron chi connectivity index (χ3n) is 2.08. The first kappa shape index (κ1) is 13.7. The molecular formula is C11H9F3N6. The van der Waals surface area contributed by atoms with Crippen molar-refractivity contribution in [2.24, 2.45) is 5.10 Å². The Balaban J connectivity index is 2.14. The van der Waals surface area contributed by atoms with Gasteiger partial charge in [-0.2, -0.15) is 33.2 Å². The number of rotatable bonds is 3. The van der Waals surface area contributed by atoms with Crippen molar-refractivity contribution in [3.63, 3.8) is 0 Å². The molecule has 0 aliphatic rings. The molecule has 104 valence electrons. The number of nitrogens with one attached hydrogen (secondary N) is 1. The molecule has 0 aliphatic carbocycles. The van der Waals surface area contributed by atoms with Gasteiger partial charge in [-0.05, 0) is 5.56 Å². The number of nitrogen functional groups attached to an aromatic ring is 1. The van der Waals surface area contributed by atoms with Gasteiger partial charge in [-0.15, -0.1) is 0 Å². The molecule has 6 nitrogen and oxygen atoms in total. The Morgan fingerprint density at radius 2 is 1.80 bits per heavy atom. The summed E-state index contributed by atoms with van der Waals surface area (Å²) in [6.45, 7) is 0. The van der Waals surface area contributed by atoms with E-state index in [1.165, 1.54) is 6.21 Å². The normalized spacial score (nSPS) is 11.8. The van der Waals surface area contributed by atoms with Gasteiger partial charge < -0.3 is 5.73 Å². The van der Waals surface area contributed by atoms with Crippen LogP contribution in [0.2, 0.25) is 0 Å². The zero-order valence-corrected chi connectivity index (χ0v) is 9.96. The fourth-order valence-electron chi connectivity index (χ4n) is 1.27. The van der Waals surface area contributed by atoms with E-state index in [0.29, 0.717) is 0 Å². The monoisotopic (exact) mass is 282 g/mol. The van der Waals surface area contributed by atoms with Gasteiger partial charge in [0.2, 0.25) is 17.7 Å². The van der Waals surface area contributed by atoms with E-state index in [2.05, 4.69) is 25.5 Å². The number of hydrazone groups is 1. The predicted octanol–water partition coefficient (Wildman–Crippen LogP) is 1.92. The van der Waals surface area contributed by atoms with E-state index < -0.39 is 17.9 Å². The molecule has 0 amide bonds. The second-order valence-electron chi connectivity index (χ2n) is 3.62. The minimum atomic E-state index is -4.70. The van der Waals surface area contributed by atoms with Crippen molar-refractivity contribution >= 4 is 18.1 Å². The van der Waals surface area contributed by atoms with Gasteiger partial charge in [-0.25, -0.2) is 5.43 Å². The minimum absolute atomic E-state index is 0.378. The first-order valence-electron chi connectivity index (χ1n) is 5.38. The standard InChI is InChI=1S/C11H9F3N6/c12-11(13,14)8-17-9(15)19-10(18-8)20-16-6-7-4-2-1-3-5-7/h1-6H,(H3,15,17,18,19,20)/b16-6+. The number of benzene rings is 1. The molecule has 0 atom stereocenters. The van der Waals surface area contributed by atoms with Crippen LogP contribution in [0.1, 0.15) is 11.4 Å². The number of alkyl halides is 3. The lowest BCUT2D eigenvalue weighted by atomic mass is 10.2. The van der Waals surface area contributed by atoms with Crippen molar-refractivity contribution < 1.29 is 13.2 Å². The van der Waals surface area contributed by atoms with Crippen molar-refractivity contribution in [1.82, 2.24) is 15.0 Å². The van der Waals surface area contributed by atoms with Crippen LogP contribution in [0.5, 0.6) is 0 Å². The van der Waals surface area contributed by atoms with E-state index in [1.807, 2.05) is 6.07 Å². The highest BCUT2D eigenvalue weighted by Gasteiger charge is 2.35. The van der Waals surface area contributed by atoms with Crippen molar-refractivity contribution in [3.05, 3.63) is 41.7 Å². The average molecular weight is 282 g/mol. The molecule has 0 unspecified atom stereocenters. The zero-order valence-electron chi connectivity index (χ0n) is 9.96. The molecule has 0 bridgehead atoms. The Kier molecular flexibility index (Phi) is 3.78. The highest BCUT2D eigenvalue weighted by Crippen LogP contribution is 2.26. The van der Waals surface area contributed by atoms with Crippen LogP contribution in [0.3, 0.4) is 0 Å². The molecule has 0 saturated carbocycles. The molecule has 2 aromatic rings. The minimum Gasteiger partial charge on any atom is -0.368 e. The van der Waals surface area contributed by atoms with Gasteiger partial charge >= 0.3 is 6.18 Å². The zero-order chi connectivity index (χ0) is 14.6. The smallest absolute Gasteiger partial charge is 0.368 e. The van der Waals surface area contributed by atoms with Crippen molar-refractivity contribution in [2.75, 3.05) is 11.2 Å². The van der Waals surface area contributed by atoms with Crippen LogP contribution in [0, 0.1) is 0 Å². The molecule has 0 aliphatic heterocycles. The van der Waals surface area contributed by atoms with Gasteiger partial charge in [0.15, 0.2) is 0 Å². The fourth-order valence-corrected chi connectivity index (χ4v) is 1.27. The summed E-state index contributed by atoms with van der Waals surface area (Å²) in [6, 6.07) is 8.96. The molecule has 0 spiro atoms. The summed E-state index contributed by atoms with van der Waals surface area (Å²) in [4.78, 5) is 9.70. The Labute approximate surface area is 111 Å². The summed E-state index contributed by atoms with van der Waals surface area (Å²) >= 11 is 0. The lowest BCUT2D eigenvalue weighted by Gasteiger charge is -2.06. The van der Waals surface area contributed by atoms with E-state index in [1.54, 1.807) is 24.3 Å². The van der Waals surface area contributed by atoms with Gasteiger partial charge in [0, 0.05) is 0 Å². The van der Waals surface area contributed by atoms with Gasteiger partial charge in [-0.3, -0.25) is 0 Å². The summed E-state index contributed by atoms with van der Waals surface area (Å²) in [7, 11) is 0. The molecule has 1 aromatic carbocycles. The van der Waals surface area contributed by atoms with E-state index in [0.717, 1.165) is 5.56 Å². The largest absolute Gasteiger partial charge is 0.451 e. The maximum atomic E-state index is 12.5. The van der Waals surface area contributed by atoms with Crippen molar-refractivity contribution in [1.29, 1.82) is 0 Å². The number of hydrogen-bond donors (Lipinski definition) is 2. The molecule has 9 heteroatoms. The number of nitrogens with two attached hydrogens (primary N) is 1. The van der Waals surface area contributed by atoms with Crippen LogP contribution in [0.25, 0.3) is 0 Å². The maximum absolute atomic E-state index is 12.5. The first-order chi connectivity index (χ1) is 9.45. The fraction of sp³-hybridized carbons (Fsp3) is 0.0909. The van der Waals surface area contributed by atoms with Crippen LogP contribution in [-0.4, -0.2) is 21.2 Å². The van der Waals surface area contributed by atoms with Crippen molar-refractivity contribution in [3.8, 4) is 0 Å². The van der Waals surface area contributed by atoms with Crippen LogP contribution in [-0.2, 0) is 6.18 Å². The molecule has 20 heavy (non-hydrogen) atoms. The Bertz CT molecular complexity index is 611. The molecule has 0 fully saturated rings. The SMILES string of the molecule is Nc1nc(N/N=C/c2ccccc2)nc(C(F)(F)F)n1. The molecule has 1 aromatic heterocycles. The summed E-state index contributed by atoms with van der Waals surface area (Å²) in [6.07, 6.45) is -3.29. The Morgan fingerprint density at radius 3 is 2.45 bits per heavy atom. The molecule has 2 rings (SSSR count). The predicted molar refractivity (Wildman–Crippen MR) is 66.9 cm³/mol. The lowest BCUT2D eigenvalue weighted by Crippen LogP contribution is -2.15. The third-order valence-corrected chi connectivity index (χ3v) is 2.08. The first-order valence-corrected chi connectivity index (χ1v) is 5.38. The van der Waals surface area contributed by atoms with Gasteiger partial charge in [0.05, 0.1) is 6.21 Å². The number of nitrogens with zero attached hydrogens (tertiary/aromatic N) is 4.